The lowest BCUT2D eigenvalue weighted by Gasteiger charge is -1.93. The van der Waals surface area contributed by atoms with E-state index in [4.69, 9.17) is 0 Å². The fraction of sp³-hybridized carbons (Fsp3) is 0.400. The van der Waals surface area contributed by atoms with Crippen LogP contribution < -0.4 is 0 Å². The minimum atomic E-state index is -0.236. The Morgan fingerprint density at radius 1 is 1.67 bits per heavy atom. The fourth-order valence-corrected chi connectivity index (χ4v) is 0.582. The summed E-state index contributed by atoms with van der Waals surface area (Å²) in [4.78, 5) is 10.2. The van der Waals surface area contributed by atoms with Crippen molar-refractivity contribution in [3.05, 3.63) is 7.66 Å². The molecule has 9 heavy (non-hydrogen) atoms. The molecule has 0 aliphatic rings. The van der Waals surface area contributed by atoms with E-state index in [0.717, 1.165) is 1.59 Å². The van der Waals surface area contributed by atoms with Crippen LogP contribution in [-0.2, 0) is 9.53 Å². The van der Waals surface area contributed by atoms with E-state index in [-0.39, 0.29) is 5.97 Å². The van der Waals surface area contributed by atoms with Gasteiger partial charge in [-0.1, -0.05) is 0 Å². The monoisotopic (exact) mass is 352 g/mol. The molecule has 2 nitrogen and oxygen atoms in total. The van der Waals surface area contributed by atoms with Crippen LogP contribution in [0.1, 0.15) is 6.92 Å². The van der Waals surface area contributed by atoms with Crippen molar-refractivity contribution in [2.75, 3.05) is 6.61 Å². The molecule has 0 N–H and O–H groups in total. The predicted molar refractivity (Wildman–Crippen MR) is 52.8 cm³/mol. The van der Waals surface area contributed by atoms with Gasteiger partial charge in [0, 0.05) is 6.92 Å². The fourth-order valence-electron chi connectivity index (χ4n) is 0.222. The summed E-state index contributed by atoms with van der Waals surface area (Å²) < 4.78 is 5.73. The normalized spacial score (nSPS) is 8.33. The topological polar surface area (TPSA) is 26.3 Å². The molecule has 0 aromatic heterocycles. The van der Waals surface area contributed by atoms with Crippen molar-refractivity contribution in [2.24, 2.45) is 0 Å². The number of halogens is 2. The van der Waals surface area contributed by atoms with Gasteiger partial charge in [-0.3, -0.25) is 4.79 Å². The number of carbonyl (C=O) groups is 1. The minimum Gasteiger partial charge on any atom is -0.462 e. The van der Waals surface area contributed by atoms with Crippen LogP contribution in [0.3, 0.4) is 0 Å². The van der Waals surface area contributed by atoms with Crippen molar-refractivity contribution in [1.82, 2.24) is 0 Å². The van der Waals surface area contributed by atoms with E-state index >= 15 is 0 Å². The average molecular weight is 352 g/mol. The van der Waals surface area contributed by atoms with Crippen LogP contribution in [0.2, 0.25) is 0 Å². The number of rotatable bonds is 2. The van der Waals surface area contributed by atoms with Crippen molar-refractivity contribution < 1.29 is 9.53 Å². The Bertz CT molecular complexity index is 127. The largest absolute Gasteiger partial charge is 0.462 e. The van der Waals surface area contributed by atoms with Gasteiger partial charge in [-0.15, -0.1) is 0 Å². The van der Waals surface area contributed by atoms with Gasteiger partial charge in [-0.2, -0.15) is 0 Å². The molecule has 0 amide bonds. The molecule has 0 bridgehead atoms. The maximum absolute atomic E-state index is 10.2. The zero-order valence-corrected chi connectivity index (χ0v) is 9.17. The third kappa shape index (κ3) is 8.67. The highest BCUT2D eigenvalue weighted by molar-refractivity contribution is 14.2. The third-order valence-corrected chi connectivity index (χ3v) is 1.41. The van der Waals surface area contributed by atoms with Gasteiger partial charge in [-0.05, 0) is 51.3 Å². The van der Waals surface area contributed by atoms with E-state index in [2.05, 4.69) is 49.9 Å². The lowest BCUT2D eigenvalue weighted by Crippen LogP contribution is -1.97. The molecule has 0 saturated heterocycles. The highest BCUT2D eigenvalue weighted by atomic mass is 127. The summed E-state index contributed by atoms with van der Waals surface area (Å²) in [5.41, 5.74) is 0. The molecule has 0 aliphatic heterocycles. The molecule has 0 atom stereocenters. The molecule has 4 heteroatoms. The van der Waals surface area contributed by atoms with Gasteiger partial charge in [0.25, 0.3) is 0 Å². The first-order valence-electron chi connectivity index (χ1n) is 2.27. The molecule has 0 spiro atoms. The van der Waals surface area contributed by atoms with Gasteiger partial charge in [-0.25, -0.2) is 0 Å². The van der Waals surface area contributed by atoms with Gasteiger partial charge in [0.2, 0.25) is 0 Å². The highest BCUT2D eigenvalue weighted by Gasteiger charge is 1.87. The van der Waals surface area contributed by atoms with E-state index in [0.29, 0.717) is 6.61 Å². The van der Waals surface area contributed by atoms with Crippen LogP contribution in [0.15, 0.2) is 7.66 Å². The molecule has 0 rings (SSSR count). The van der Waals surface area contributed by atoms with Gasteiger partial charge < -0.3 is 4.74 Å². The Labute approximate surface area is 81.3 Å². The van der Waals surface area contributed by atoms with E-state index in [1.54, 1.807) is 0 Å². The number of hydrogen-bond donors (Lipinski definition) is 0. The van der Waals surface area contributed by atoms with Crippen LogP contribution >= 0.6 is 45.2 Å². The third-order valence-electron chi connectivity index (χ3n) is 0.524. The lowest BCUT2D eigenvalue weighted by atomic mass is 10.7. The quantitative estimate of drug-likeness (QED) is 0.563. The average Bonchev–Trinajstić information content (AvgIpc) is 1.63. The summed E-state index contributed by atoms with van der Waals surface area (Å²) in [6.07, 6.45) is 1.84. The number of hydrogen-bond acceptors (Lipinski definition) is 2. The zero-order chi connectivity index (χ0) is 7.28. The predicted octanol–water partition coefficient (Wildman–Crippen LogP) is 2.26. The molecule has 52 valence electrons. The van der Waals surface area contributed by atoms with Crippen LogP contribution in [0.25, 0.3) is 0 Å². The first-order valence-corrected chi connectivity index (χ1v) is 4.43. The molecule has 0 aromatic carbocycles. The van der Waals surface area contributed by atoms with Crippen LogP contribution in [0.5, 0.6) is 0 Å². The van der Waals surface area contributed by atoms with Crippen molar-refractivity contribution >= 4 is 51.2 Å². The Kier molecular flexibility index (Phi) is 5.86. The molecule has 0 aliphatic carbocycles. The molecule has 0 fully saturated rings. The smallest absolute Gasteiger partial charge is 0.302 e. The Balaban J connectivity index is 3.31. The molecule has 0 heterocycles. The highest BCUT2D eigenvalue weighted by Crippen LogP contribution is 2.13. The Hall–Kier alpha value is 0.670. The summed E-state index contributed by atoms with van der Waals surface area (Å²) in [5.74, 6) is -0.236. The van der Waals surface area contributed by atoms with Crippen LogP contribution in [0, 0.1) is 0 Å². The molecule has 0 unspecified atom stereocenters. The summed E-state index contributed by atoms with van der Waals surface area (Å²) in [6, 6.07) is 0. The maximum Gasteiger partial charge on any atom is 0.302 e. The SMILES string of the molecule is CC(=O)OCC=C(I)I. The molecule has 0 aromatic rings. The van der Waals surface area contributed by atoms with Crippen molar-refractivity contribution in [2.45, 2.75) is 6.92 Å². The first kappa shape index (κ1) is 9.67. The number of carbonyl (C=O) groups excluding carboxylic acids is 1. The maximum atomic E-state index is 10.2. The number of ether oxygens (including phenoxy) is 1. The standard InChI is InChI=1S/C5H6I2O2/c1-4(8)9-3-2-5(6)7/h2H,3H2,1H3. The summed E-state index contributed by atoms with van der Waals surface area (Å²) in [6.45, 7) is 1.78. The van der Waals surface area contributed by atoms with Gasteiger partial charge in [0.05, 0.1) is 1.59 Å². The first-order chi connectivity index (χ1) is 4.13. The Morgan fingerprint density at radius 3 is 2.56 bits per heavy atom. The molecule has 0 saturated carbocycles. The van der Waals surface area contributed by atoms with E-state index < -0.39 is 0 Å². The van der Waals surface area contributed by atoms with Gasteiger partial charge in [0.1, 0.15) is 6.61 Å². The van der Waals surface area contributed by atoms with Crippen LogP contribution in [-0.4, -0.2) is 12.6 Å². The van der Waals surface area contributed by atoms with Gasteiger partial charge in [0.15, 0.2) is 0 Å². The molecular formula is C5H6I2O2. The molecular weight excluding hydrogens is 346 g/mol. The second-order valence-corrected chi connectivity index (χ2v) is 5.68. The van der Waals surface area contributed by atoms with Crippen molar-refractivity contribution in [3.8, 4) is 0 Å². The van der Waals surface area contributed by atoms with E-state index in [1.807, 2.05) is 6.08 Å². The summed E-state index contributed by atoms with van der Waals surface area (Å²) >= 11 is 4.29. The Morgan fingerprint density at radius 2 is 2.22 bits per heavy atom. The van der Waals surface area contributed by atoms with E-state index in [1.165, 1.54) is 6.92 Å². The van der Waals surface area contributed by atoms with Crippen molar-refractivity contribution in [1.29, 1.82) is 0 Å². The lowest BCUT2D eigenvalue weighted by molar-refractivity contribution is -0.139. The number of esters is 1. The second-order valence-electron chi connectivity index (χ2n) is 1.30. The molecule has 0 radical (unpaired) electrons. The summed E-state index contributed by atoms with van der Waals surface area (Å²) in [7, 11) is 0. The minimum absolute atomic E-state index is 0.236. The second kappa shape index (κ2) is 5.45. The van der Waals surface area contributed by atoms with Gasteiger partial charge >= 0.3 is 5.97 Å². The van der Waals surface area contributed by atoms with E-state index in [9.17, 15) is 4.79 Å². The zero-order valence-electron chi connectivity index (χ0n) is 4.86. The summed E-state index contributed by atoms with van der Waals surface area (Å²) in [5, 5.41) is 0. The van der Waals surface area contributed by atoms with Crippen LogP contribution in [0.4, 0.5) is 0 Å². The van der Waals surface area contributed by atoms with Crippen molar-refractivity contribution in [3.63, 3.8) is 0 Å².